The summed E-state index contributed by atoms with van der Waals surface area (Å²) in [5.41, 5.74) is 0. The minimum atomic E-state index is 0.0176. The van der Waals surface area contributed by atoms with Crippen LogP contribution in [-0.2, 0) is 9.59 Å². The number of carbonyl (C=O) groups excluding carboxylic acids is 2. The molecule has 4 heteroatoms. The Balaban J connectivity index is 1.83. The lowest BCUT2D eigenvalue weighted by Crippen LogP contribution is -2.46. The standard InChI is InChI=1S/C14H24N2O2/c1-11(17)16(13-8-4-5-9-13)10-14(18)15-12-6-2-3-7-12/h12-13H,2-10H2,1H3,(H,15,18). The van der Waals surface area contributed by atoms with Crippen molar-refractivity contribution >= 4 is 11.8 Å². The second kappa shape index (κ2) is 6.21. The first-order valence-electron chi connectivity index (χ1n) is 7.23. The lowest BCUT2D eigenvalue weighted by Gasteiger charge is -2.27. The van der Waals surface area contributed by atoms with E-state index in [1.807, 2.05) is 0 Å². The fraction of sp³-hybridized carbons (Fsp3) is 0.857. The van der Waals surface area contributed by atoms with Gasteiger partial charge in [-0.3, -0.25) is 9.59 Å². The van der Waals surface area contributed by atoms with Gasteiger partial charge >= 0.3 is 0 Å². The fourth-order valence-corrected chi connectivity index (χ4v) is 3.21. The van der Waals surface area contributed by atoms with Crippen LogP contribution in [0.4, 0.5) is 0 Å². The van der Waals surface area contributed by atoms with Crippen molar-refractivity contribution in [2.45, 2.75) is 70.4 Å². The van der Waals surface area contributed by atoms with Crippen LogP contribution < -0.4 is 5.32 Å². The Hall–Kier alpha value is -1.06. The zero-order valence-corrected chi connectivity index (χ0v) is 11.3. The van der Waals surface area contributed by atoms with Crippen LogP contribution in [0.2, 0.25) is 0 Å². The molecule has 2 fully saturated rings. The Labute approximate surface area is 109 Å². The maximum absolute atomic E-state index is 12.0. The van der Waals surface area contributed by atoms with Crippen LogP contribution in [0.25, 0.3) is 0 Å². The molecule has 0 aromatic heterocycles. The number of hydrogen-bond acceptors (Lipinski definition) is 2. The van der Waals surface area contributed by atoms with E-state index in [0.717, 1.165) is 25.7 Å². The number of hydrogen-bond donors (Lipinski definition) is 1. The first-order valence-corrected chi connectivity index (χ1v) is 7.23. The van der Waals surface area contributed by atoms with E-state index < -0.39 is 0 Å². The highest BCUT2D eigenvalue weighted by atomic mass is 16.2. The largest absolute Gasteiger partial charge is 0.352 e. The van der Waals surface area contributed by atoms with Crippen LogP contribution in [0.15, 0.2) is 0 Å². The van der Waals surface area contributed by atoms with Crippen LogP contribution in [0.1, 0.15) is 58.3 Å². The van der Waals surface area contributed by atoms with Crippen molar-refractivity contribution in [3.63, 3.8) is 0 Å². The van der Waals surface area contributed by atoms with Crippen LogP contribution >= 0.6 is 0 Å². The van der Waals surface area contributed by atoms with Gasteiger partial charge in [0.15, 0.2) is 0 Å². The minimum Gasteiger partial charge on any atom is -0.352 e. The van der Waals surface area contributed by atoms with Crippen molar-refractivity contribution in [3.05, 3.63) is 0 Å². The van der Waals surface area contributed by atoms with Gasteiger partial charge in [-0.15, -0.1) is 0 Å². The van der Waals surface area contributed by atoms with E-state index in [2.05, 4.69) is 5.32 Å². The molecule has 2 amide bonds. The molecule has 0 atom stereocenters. The number of nitrogens with one attached hydrogen (secondary N) is 1. The van der Waals surface area contributed by atoms with Gasteiger partial charge in [0.1, 0.15) is 0 Å². The molecule has 18 heavy (non-hydrogen) atoms. The average Bonchev–Trinajstić information content (AvgIpc) is 2.97. The average molecular weight is 252 g/mol. The number of carbonyl (C=O) groups is 2. The molecule has 0 aromatic rings. The second-order valence-electron chi connectivity index (χ2n) is 5.63. The Kier molecular flexibility index (Phi) is 4.61. The molecule has 2 rings (SSSR count). The van der Waals surface area contributed by atoms with Crippen molar-refractivity contribution in [1.29, 1.82) is 0 Å². The van der Waals surface area contributed by atoms with Crippen LogP contribution in [0, 0.1) is 0 Å². The molecule has 2 aliphatic carbocycles. The van der Waals surface area contributed by atoms with Crippen LogP contribution in [-0.4, -0.2) is 35.3 Å². The topological polar surface area (TPSA) is 49.4 Å². The molecule has 0 unspecified atom stereocenters. The van der Waals surface area contributed by atoms with Gasteiger partial charge in [0.05, 0.1) is 6.54 Å². The van der Waals surface area contributed by atoms with Gasteiger partial charge in [-0.25, -0.2) is 0 Å². The van der Waals surface area contributed by atoms with Crippen LogP contribution in [0.5, 0.6) is 0 Å². The maximum atomic E-state index is 12.0. The summed E-state index contributed by atoms with van der Waals surface area (Å²) < 4.78 is 0. The zero-order valence-electron chi connectivity index (χ0n) is 11.3. The van der Waals surface area contributed by atoms with E-state index in [-0.39, 0.29) is 24.4 Å². The first-order chi connectivity index (χ1) is 8.66. The van der Waals surface area contributed by atoms with E-state index in [0.29, 0.717) is 6.04 Å². The molecule has 4 nitrogen and oxygen atoms in total. The van der Waals surface area contributed by atoms with Crippen molar-refractivity contribution in [2.75, 3.05) is 6.54 Å². The third kappa shape index (κ3) is 3.47. The molecule has 2 aliphatic rings. The van der Waals surface area contributed by atoms with E-state index in [9.17, 15) is 9.59 Å². The lowest BCUT2D eigenvalue weighted by molar-refractivity contribution is -0.136. The first kappa shape index (κ1) is 13.4. The van der Waals surface area contributed by atoms with Crippen molar-refractivity contribution < 1.29 is 9.59 Å². The molecule has 2 saturated carbocycles. The second-order valence-corrected chi connectivity index (χ2v) is 5.63. The minimum absolute atomic E-state index is 0.0176. The van der Waals surface area contributed by atoms with Gasteiger partial charge in [-0.05, 0) is 25.7 Å². The van der Waals surface area contributed by atoms with E-state index in [1.165, 1.54) is 25.7 Å². The fourth-order valence-electron chi connectivity index (χ4n) is 3.21. The highest BCUT2D eigenvalue weighted by molar-refractivity contribution is 5.84. The molecule has 0 aliphatic heterocycles. The molecule has 0 aromatic carbocycles. The van der Waals surface area contributed by atoms with Crippen LogP contribution in [0.3, 0.4) is 0 Å². The summed E-state index contributed by atoms with van der Waals surface area (Å²) in [7, 11) is 0. The smallest absolute Gasteiger partial charge is 0.239 e. The summed E-state index contributed by atoms with van der Waals surface area (Å²) in [5.74, 6) is 0.0486. The molecule has 0 spiro atoms. The Morgan fingerprint density at radius 3 is 2.17 bits per heavy atom. The predicted molar refractivity (Wildman–Crippen MR) is 70.0 cm³/mol. The number of rotatable bonds is 4. The third-order valence-electron chi connectivity index (χ3n) is 4.20. The summed E-state index contributed by atoms with van der Waals surface area (Å²) in [4.78, 5) is 25.4. The summed E-state index contributed by atoms with van der Waals surface area (Å²) in [6.45, 7) is 1.82. The highest BCUT2D eigenvalue weighted by Gasteiger charge is 2.27. The maximum Gasteiger partial charge on any atom is 0.239 e. The molecule has 0 saturated heterocycles. The molecule has 0 radical (unpaired) electrons. The van der Waals surface area contributed by atoms with Gasteiger partial charge in [0, 0.05) is 19.0 Å². The van der Waals surface area contributed by atoms with Gasteiger partial charge in [-0.2, -0.15) is 0 Å². The van der Waals surface area contributed by atoms with Gasteiger partial charge in [0.2, 0.25) is 11.8 Å². The zero-order chi connectivity index (χ0) is 13.0. The highest BCUT2D eigenvalue weighted by Crippen LogP contribution is 2.23. The van der Waals surface area contributed by atoms with Crippen molar-refractivity contribution in [2.24, 2.45) is 0 Å². The van der Waals surface area contributed by atoms with E-state index in [4.69, 9.17) is 0 Å². The van der Waals surface area contributed by atoms with E-state index in [1.54, 1.807) is 11.8 Å². The monoisotopic (exact) mass is 252 g/mol. The molecular formula is C14H24N2O2. The Morgan fingerprint density at radius 2 is 1.61 bits per heavy atom. The molecule has 102 valence electrons. The number of amides is 2. The summed E-state index contributed by atoms with van der Waals surface area (Å²) in [5, 5.41) is 3.05. The molecule has 1 N–H and O–H groups in total. The predicted octanol–water partition coefficient (Wildman–Crippen LogP) is 1.84. The van der Waals surface area contributed by atoms with Gasteiger partial charge in [0.25, 0.3) is 0 Å². The van der Waals surface area contributed by atoms with Crippen molar-refractivity contribution in [1.82, 2.24) is 10.2 Å². The lowest BCUT2D eigenvalue weighted by atomic mass is 10.2. The van der Waals surface area contributed by atoms with Gasteiger partial charge < -0.3 is 10.2 Å². The molecular weight excluding hydrogens is 228 g/mol. The summed E-state index contributed by atoms with van der Waals surface area (Å²) in [6.07, 6.45) is 9.07. The number of nitrogens with zero attached hydrogens (tertiary/aromatic N) is 1. The normalized spacial score (nSPS) is 21.2. The van der Waals surface area contributed by atoms with Gasteiger partial charge in [-0.1, -0.05) is 25.7 Å². The van der Waals surface area contributed by atoms with Crippen molar-refractivity contribution in [3.8, 4) is 0 Å². The SMILES string of the molecule is CC(=O)N(CC(=O)NC1CCCC1)C1CCCC1. The van der Waals surface area contributed by atoms with E-state index >= 15 is 0 Å². The molecule has 0 heterocycles. The third-order valence-corrected chi connectivity index (χ3v) is 4.20. The molecule has 0 bridgehead atoms. The summed E-state index contributed by atoms with van der Waals surface area (Å²) in [6, 6.07) is 0.631. The Morgan fingerprint density at radius 1 is 1.06 bits per heavy atom. The Bertz CT molecular complexity index is 305. The summed E-state index contributed by atoms with van der Waals surface area (Å²) >= 11 is 0. The quantitative estimate of drug-likeness (QED) is 0.830.